The van der Waals surface area contributed by atoms with Crippen LogP contribution in [0.4, 0.5) is 0 Å². The van der Waals surface area contributed by atoms with Gasteiger partial charge in [0.2, 0.25) is 0 Å². The van der Waals surface area contributed by atoms with Crippen molar-refractivity contribution in [2.45, 2.75) is 12.6 Å². The molecule has 3 N–H and O–H groups in total. The van der Waals surface area contributed by atoms with Crippen molar-refractivity contribution in [3.63, 3.8) is 0 Å². The summed E-state index contributed by atoms with van der Waals surface area (Å²) in [6, 6.07) is 58.2. The highest BCUT2D eigenvalue weighted by Gasteiger charge is 2.13. The molecule has 8 aromatic carbocycles. The predicted octanol–water partition coefficient (Wildman–Crippen LogP) is 10.8. The molecule has 0 saturated heterocycles. The fourth-order valence-corrected chi connectivity index (χ4v) is 6.71. The third kappa shape index (κ3) is 5.30. The fraction of sp³-hybridized carbons (Fsp3) is 0.0455. The summed E-state index contributed by atoms with van der Waals surface area (Å²) in [6.45, 7) is 0.663. The Morgan fingerprint density at radius 2 is 1.13 bits per heavy atom. The van der Waals surface area contributed by atoms with Crippen LogP contribution >= 0.6 is 0 Å². The fourth-order valence-electron chi connectivity index (χ4n) is 6.71. The highest BCUT2D eigenvalue weighted by molar-refractivity contribution is 6.14. The average molecular weight is 591 g/mol. The maximum absolute atomic E-state index is 6.80. The van der Waals surface area contributed by atoms with Gasteiger partial charge in [-0.2, -0.15) is 0 Å². The van der Waals surface area contributed by atoms with Gasteiger partial charge in [0.15, 0.2) is 0 Å². The zero-order chi connectivity index (χ0) is 30.9. The first-order valence-electron chi connectivity index (χ1n) is 15.9. The van der Waals surface area contributed by atoms with Gasteiger partial charge in [0.25, 0.3) is 0 Å². The molecule has 2 nitrogen and oxygen atoms in total. The van der Waals surface area contributed by atoms with E-state index in [2.05, 4.69) is 157 Å². The number of hydrogen-bond acceptors (Lipinski definition) is 2. The normalized spacial score (nSPS) is 12.6. The minimum Gasteiger partial charge on any atom is -0.381 e. The predicted molar refractivity (Wildman–Crippen MR) is 197 cm³/mol. The number of hydrogen-bond donors (Lipinski definition) is 2. The van der Waals surface area contributed by atoms with Crippen molar-refractivity contribution in [2.24, 2.45) is 5.73 Å². The summed E-state index contributed by atoms with van der Waals surface area (Å²) < 4.78 is 0. The molecule has 0 radical (unpaired) electrons. The van der Waals surface area contributed by atoms with Gasteiger partial charge in [0.05, 0.1) is 6.04 Å². The molecule has 0 saturated carbocycles. The first-order chi connectivity index (χ1) is 22.7. The van der Waals surface area contributed by atoms with Gasteiger partial charge in [0.1, 0.15) is 0 Å². The van der Waals surface area contributed by atoms with E-state index in [1.54, 1.807) is 0 Å². The number of nitrogens with one attached hydrogen (secondary N) is 1. The number of rotatable bonds is 7. The van der Waals surface area contributed by atoms with Crippen molar-refractivity contribution in [3.05, 3.63) is 187 Å². The molecule has 0 aromatic heterocycles. The molecule has 0 aliphatic heterocycles. The van der Waals surface area contributed by atoms with Crippen LogP contribution in [0.15, 0.2) is 170 Å². The number of nitrogens with two attached hydrogens (primary N) is 1. The second-order valence-electron chi connectivity index (χ2n) is 12.0. The van der Waals surface area contributed by atoms with E-state index < -0.39 is 0 Å². The molecule has 46 heavy (non-hydrogen) atoms. The highest BCUT2D eigenvalue weighted by atomic mass is 14.9. The smallest absolute Gasteiger partial charge is 0.0504 e. The SMILES string of the molecule is NC(/C=C(\NCc1c2ccccc2cc2c1ccc1ccccc12)c1ccc(-c2ccc3ccccc3c2)cc1)c1ccccc1. The average Bonchev–Trinajstić information content (AvgIpc) is 3.13. The molecule has 8 aromatic rings. The monoisotopic (exact) mass is 590 g/mol. The maximum Gasteiger partial charge on any atom is 0.0504 e. The second kappa shape index (κ2) is 12.0. The summed E-state index contributed by atoms with van der Waals surface area (Å²) in [7, 11) is 0. The van der Waals surface area contributed by atoms with Crippen molar-refractivity contribution < 1.29 is 0 Å². The van der Waals surface area contributed by atoms with E-state index in [-0.39, 0.29) is 6.04 Å². The van der Waals surface area contributed by atoms with Gasteiger partial charge in [-0.15, -0.1) is 0 Å². The Balaban J connectivity index is 1.20. The maximum atomic E-state index is 6.80. The Morgan fingerprint density at radius 1 is 0.500 bits per heavy atom. The van der Waals surface area contributed by atoms with Gasteiger partial charge in [0, 0.05) is 12.2 Å². The Morgan fingerprint density at radius 3 is 1.93 bits per heavy atom. The van der Waals surface area contributed by atoms with E-state index in [0.717, 1.165) is 16.8 Å². The standard InChI is InChI=1S/C44H34N2/c45-43(33-12-2-1-3-13-33)28-44(34-21-18-31(19-22-34)36-23-20-30-10-4-5-14-35(30)26-36)46-29-42-39-17-9-7-15-37(39)27-41-38-16-8-6-11-32(38)24-25-40(41)42/h1-28,43,46H,29,45H2/b44-28-. The summed E-state index contributed by atoms with van der Waals surface area (Å²) in [6.07, 6.45) is 2.16. The van der Waals surface area contributed by atoms with Crippen molar-refractivity contribution in [1.82, 2.24) is 5.32 Å². The van der Waals surface area contributed by atoms with E-state index in [0.29, 0.717) is 6.54 Å². The molecule has 8 rings (SSSR count). The van der Waals surface area contributed by atoms with Crippen molar-refractivity contribution in [3.8, 4) is 11.1 Å². The van der Waals surface area contributed by atoms with Crippen LogP contribution in [0, 0.1) is 0 Å². The van der Waals surface area contributed by atoms with Crippen molar-refractivity contribution in [1.29, 1.82) is 0 Å². The van der Waals surface area contributed by atoms with Crippen LogP contribution in [0.25, 0.3) is 59.9 Å². The molecular weight excluding hydrogens is 556 g/mol. The van der Waals surface area contributed by atoms with Crippen LogP contribution in [-0.2, 0) is 6.54 Å². The molecule has 0 heterocycles. The summed E-state index contributed by atoms with van der Waals surface area (Å²) in [4.78, 5) is 0. The molecule has 0 amide bonds. The molecule has 2 heteroatoms. The van der Waals surface area contributed by atoms with Gasteiger partial charge < -0.3 is 11.1 Å². The third-order valence-electron chi connectivity index (χ3n) is 9.15. The van der Waals surface area contributed by atoms with E-state index in [1.165, 1.54) is 59.8 Å². The third-order valence-corrected chi connectivity index (χ3v) is 9.15. The van der Waals surface area contributed by atoms with Crippen LogP contribution in [-0.4, -0.2) is 0 Å². The topological polar surface area (TPSA) is 38.0 Å². The molecule has 1 atom stereocenters. The Kier molecular flexibility index (Phi) is 7.26. The van der Waals surface area contributed by atoms with E-state index >= 15 is 0 Å². The van der Waals surface area contributed by atoms with Crippen molar-refractivity contribution in [2.75, 3.05) is 0 Å². The van der Waals surface area contributed by atoms with Gasteiger partial charge in [-0.05, 0) is 89.1 Å². The molecule has 0 fully saturated rings. The van der Waals surface area contributed by atoms with Crippen LogP contribution in [0.5, 0.6) is 0 Å². The summed E-state index contributed by atoms with van der Waals surface area (Å²) >= 11 is 0. The van der Waals surface area contributed by atoms with E-state index in [9.17, 15) is 0 Å². The Bertz CT molecular complexity index is 2370. The zero-order valence-electron chi connectivity index (χ0n) is 25.5. The van der Waals surface area contributed by atoms with Crippen LogP contribution < -0.4 is 11.1 Å². The van der Waals surface area contributed by atoms with E-state index in [1.807, 2.05) is 18.2 Å². The Labute approximate surface area is 269 Å². The summed E-state index contributed by atoms with van der Waals surface area (Å²) in [5, 5.41) is 13.9. The molecular formula is C44H34N2. The van der Waals surface area contributed by atoms with Gasteiger partial charge in [-0.25, -0.2) is 0 Å². The van der Waals surface area contributed by atoms with Gasteiger partial charge >= 0.3 is 0 Å². The molecule has 0 bridgehead atoms. The number of benzene rings is 8. The molecule has 0 aliphatic rings. The summed E-state index contributed by atoms with van der Waals surface area (Å²) in [5.41, 5.74) is 13.7. The highest BCUT2D eigenvalue weighted by Crippen LogP contribution is 2.34. The van der Waals surface area contributed by atoms with Crippen LogP contribution in [0.1, 0.15) is 22.7 Å². The number of fused-ring (bicyclic) bond motifs is 5. The quantitative estimate of drug-likeness (QED) is 0.143. The lowest BCUT2D eigenvalue weighted by Crippen LogP contribution is -2.16. The lowest BCUT2D eigenvalue weighted by Gasteiger charge is -2.18. The lowest BCUT2D eigenvalue weighted by atomic mass is 9.93. The lowest BCUT2D eigenvalue weighted by molar-refractivity contribution is 0.865. The van der Waals surface area contributed by atoms with E-state index in [4.69, 9.17) is 5.73 Å². The molecule has 220 valence electrons. The second-order valence-corrected chi connectivity index (χ2v) is 12.0. The molecule has 1 unspecified atom stereocenters. The van der Waals surface area contributed by atoms with Crippen LogP contribution in [0.2, 0.25) is 0 Å². The van der Waals surface area contributed by atoms with Crippen LogP contribution in [0.3, 0.4) is 0 Å². The Hall–Kier alpha value is -5.70. The molecule has 0 aliphatic carbocycles. The van der Waals surface area contributed by atoms with Gasteiger partial charge in [-0.1, -0.05) is 152 Å². The van der Waals surface area contributed by atoms with Gasteiger partial charge in [-0.3, -0.25) is 0 Å². The molecule has 0 spiro atoms. The minimum absolute atomic E-state index is 0.253. The summed E-state index contributed by atoms with van der Waals surface area (Å²) in [5.74, 6) is 0. The first kappa shape index (κ1) is 27.8. The first-order valence-corrected chi connectivity index (χ1v) is 15.9. The largest absolute Gasteiger partial charge is 0.381 e. The minimum atomic E-state index is -0.253. The zero-order valence-corrected chi connectivity index (χ0v) is 25.5. The van der Waals surface area contributed by atoms with Crippen molar-refractivity contribution >= 4 is 48.8 Å².